The van der Waals surface area contributed by atoms with Gasteiger partial charge in [0.15, 0.2) is 0 Å². The van der Waals surface area contributed by atoms with E-state index >= 15 is 0 Å². The minimum absolute atomic E-state index is 0.177. The van der Waals surface area contributed by atoms with Crippen molar-refractivity contribution in [3.05, 3.63) is 69.8 Å². The van der Waals surface area contributed by atoms with Crippen molar-refractivity contribution in [1.29, 1.82) is 0 Å². The van der Waals surface area contributed by atoms with Crippen LogP contribution in [0, 0.1) is 13.8 Å². The summed E-state index contributed by atoms with van der Waals surface area (Å²) in [6.07, 6.45) is 3.39. The molecule has 0 spiro atoms. The Kier molecular flexibility index (Phi) is 5.70. The zero-order chi connectivity index (χ0) is 20.5. The van der Waals surface area contributed by atoms with Gasteiger partial charge < -0.3 is 4.84 Å². The summed E-state index contributed by atoms with van der Waals surface area (Å²) in [5.41, 5.74) is 9.09. The third-order valence-corrected chi connectivity index (χ3v) is 6.23. The van der Waals surface area contributed by atoms with Gasteiger partial charge in [0.1, 0.15) is 12.3 Å². The SMILES string of the molecule is CCCO/N=C(\c1ccc(C)cc1)c1cc2c(cc1C)C(C)(C)CCC2(C)C. The highest BCUT2D eigenvalue weighted by Crippen LogP contribution is 2.46. The fourth-order valence-electron chi connectivity index (χ4n) is 4.15. The van der Waals surface area contributed by atoms with Crippen molar-refractivity contribution in [1.82, 2.24) is 0 Å². The van der Waals surface area contributed by atoms with Crippen LogP contribution in [0.4, 0.5) is 0 Å². The summed E-state index contributed by atoms with van der Waals surface area (Å²) in [6.45, 7) is 16.6. The smallest absolute Gasteiger partial charge is 0.117 e. The fourth-order valence-corrected chi connectivity index (χ4v) is 4.15. The van der Waals surface area contributed by atoms with E-state index in [4.69, 9.17) is 4.84 Å². The van der Waals surface area contributed by atoms with Crippen LogP contribution in [0.3, 0.4) is 0 Å². The first-order valence-corrected chi connectivity index (χ1v) is 10.6. The normalized spacial score (nSPS) is 17.9. The summed E-state index contributed by atoms with van der Waals surface area (Å²) in [5, 5.41) is 4.59. The van der Waals surface area contributed by atoms with Crippen LogP contribution in [0.1, 0.15) is 87.3 Å². The molecule has 0 saturated heterocycles. The van der Waals surface area contributed by atoms with Crippen molar-refractivity contribution >= 4 is 5.71 Å². The van der Waals surface area contributed by atoms with Gasteiger partial charge in [0.05, 0.1) is 0 Å². The van der Waals surface area contributed by atoms with Gasteiger partial charge in [-0.15, -0.1) is 0 Å². The summed E-state index contributed by atoms with van der Waals surface area (Å²) >= 11 is 0. The predicted molar refractivity (Wildman–Crippen MR) is 120 cm³/mol. The van der Waals surface area contributed by atoms with Crippen LogP contribution >= 0.6 is 0 Å². The molecule has 0 aliphatic heterocycles. The number of hydrogen-bond donors (Lipinski definition) is 0. The lowest BCUT2D eigenvalue weighted by atomic mass is 9.62. The quantitative estimate of drug-likeness (QED) is 0.318. The highest BCUT2D eigenvalue weighted by atomic mass is 16.6. The van der Waals surface area contributed by atoms with Gasteiger partial charge >= 0.3 is 0 Å². The molecule has 0 atom stereocenters. The Labute approximate surface area is 171 Å². The molecule has 2 heteroatoms. The fraction of sp³-hybridized carbons (Fsp3) is 0.500. The van der Waals surface area contributed by atoms with Crippen molar-refractivity contribution in [2.75, 3.05) is 6.61 Å². The third-order valence-electron chi connectivity index (χ3n) is 6.23. The van der Waals surface area contributed by atoms with Crippen LogP contribution in [0.2, 0.25) is 0 Å². The molecule has 0 N–H and O–H groups in total. The maximum Gasteiger partial charge on any atom is 0.117 e. The molecule has 0 heterocycles. The van der Waals surface area contributed by atoms with E-state index in [1.54, 1.807) is 0 Å². The second-order valence-corrected chi connectivity index (χ2v) is 9.62. The Morgan fingerprint density at radius 3 is 2.07 bits per heavy atom. The van der Waals surface area contributed by atoms with Gasteiger partial charge in [-0.1, -0.05) is 75.7 Å². The van der Waals surface area contributed by atoms with Crippen LogP contribution in [0.5, 0.6) is 0 Å². The van der Waals surface area contributed by atoms with E-state index in [9.17, 15) is 0 Å². The molecule has 28 heavy (non-hydrogen) atoms. The van der Waals surface area contributed by atoms with Gasteiger partial charge in [-0.2, -0.15) is 0 Å². The van der Waals surface area contributed by atoms with Crippen LogP contribution in [0.15, 0.2) is 41.6 Å². The van der Waals surface area contributed by atoms with E-state index in [0.717, 1.165) is 17.7 Å². The second-order valence-electron chi connectivity index (χ2n) is 9.62. The summed E-state index contributed by atoms with van der Waals surface area (Å²) in [7, 11) is 0. The van der Waals surface area contributed by atoms with Crippen molar-refractivity contribution in [3.8, 4) is 0 Å². The highest BCUT2D eigenvalue weighted by Gasteiger charge is 2.37. The highest BCUT2D eigenvalue weighted by molar-refractivity contribution is 6.13. The Hall–Kier alpha value is -2.09. The van der Waals surface area contributed by atoms with E-state index in [-0.39, 0.29) is 10.8 Å². The topological polar surface area (TPSA) is 21.6 Å². The Bertz CT molecular complexity index is 872. The maximum atomic E-state index is 5.66. The zero-order valence-corrected chi connectivity index (χ0v) is 18.6. The number of oxime groups is 1. The lowest BCUT2D eigenvalue weighted by Gasteiger charge is -2.42. The largest absolute Gasteiger partial charge is 0.395 e. The number of rotatable bonds is 5. The number of nitrogens with zero attached hydrogens (tertiary/aromatic N) is 1. The minimum atomic E-state index is 0.177. The number of benzene rings is 2. The van der Waals surface area contributed by atoms with E-state index in [1.165, 1.54) is 40.7 Å². The standard InChI is InChI=1S/C26H35NO/c1-8-15-28-27-24(20-11-9-18(2)10-12-20)21-17-23-22(16-19(21)3)25(4,5)13-14-26(23,6)7/h9-12,16-17H,8,13-15H2,1-7H3/b27-24+. The summed E-state index contributed by atoms with van der Waals surface area (Å²) < 4.78 is 0. The van der Waals surface area contributed by atoms with Crippen molar-refractivity contribution in [3.63, 3.8) is 0 Å². The lowest BCUT2D eigenvalue weighted by Crippen LogP contribution is -2.34. The maximum absolute atomic E-state index is 5.66. The molecular weight excluding hydrogens is 342 g/mol. The van der Waals surface area contributed by atoms with Gasteiger partial charge in [0.25, 0.3) is 0 Å². The van der Waals surface area contributed by atoms with E-state index in [0.29, 0.717) is 6.61 Å². The molecule has 150 valence electrons. The minimum Gasteiger partial charge on any atom is -0.395 e. The molecule has 2 aromatic rings. The first-order valence-electron chi connectivity index (χ1n) is 10.6. The van der Waals surface area contributed by atoms with Crippen molar-refractivity contribution in [2.24, 2.45) is 5.16 Å². The Balaban J connectivity index is 2.18. The molecular formula is C26H35NO. The van der Waals surface area contributed by atoms with E-state index in [2.05, 4.69) is 90.0 Å². The molecule has 0 bridgehead atoms. The molecule has 1 aliphatic carbocycles. The van der Waals surface area contributed by atoms with Crippen molar-refractivity contribution < 1.29 is 4.84 Å². The average Bonchev–Trinajstić information content (AvgIpc) is 2.64. The molecule has 0 aromatic heterocycles. The Morgan fingerprint density at radius 2 is 1.50 bits per heavy atom. The summed E-state index contributed by atoms with van der Waals surface area (Å²) in [6, 6.07) is 13.4. The molecule has 0 amide bonds. The Morgan fingerprint density at radius 1 is 0.929 bits per heavy atom. The van der Waals surface area contributed by atoms with Crippen LogP contribution in [-0.4, -0.2) is 12.3 Å². The zero-order valence-electron chi connectivity index (χ0n) is 18.6. The van der Waals surface area contributed by atoms with Gasteiger partial charge in [0.2, 0.25) is 0 Å². The van der Waals surface area contributed by atoms with Crippen LogP contribution in [0.25, 0.3) is 0 Å². The molecule has 0 unspecified atom stereocenters. The van der Waals surface area contributed by atoms with Crippen LogP contribution in [-0.2, 0) is 15.7 Å². The predicted octanol–water partition coefficient (Wildman–Crippen LogP) is 6.83. The summed E-state index contributed by atoms with van der Waals surface area (Å²) in [5.74, 6) is 0. The summed E-state index contributed by atoms with van der Waals surface area (Å²) in [4.78, 5) is 5.66. The number of hydrogen-bond acceptors (Lipinski definition) is 2. The monoisotopic (exact) mass is 377 g/mol. The first-order chi connectivity index (χ1) is 13.2. The van der Waals surface area contributed by atoms with Crippen LogP contribution < -0.4 is 0 Å². The van der Waals surface area contributed by atoms with Gasteiger partial charge in [0, 0.05) is 11.1 Å². The number of fused-ring (bicyclic) bond motifs is 1. The molecule has 2 nitrogen and oxygen atoms in total. The van der Waals surface area contributed by atoms with E-state index in [1.807, 2.05) is 0 Å². The lowest BCUT2D eigenvalue weighted by molar-refractivity contribution is 0.145. The van der Waals surface area contributed by atoms with E-state index < -0.39 is 0 Å². The number of aryl methyl sites for hydroxylation is 2. The molecule has 1 aliphatic rings. The average molecular weight is 378 g/mol. The van der Waals surface area contributed by atoms with Crippen molar-refractivity contribution in [2.45, 2.75) is 78.6 Å². The molecule has 0 radical (unpaired) electrons. The third kappa shape index (κ3) is 4.01. The van der Waals surface area contributed by atoms with Gasteiger partial charge in [-0.25, -0.2) is 0 Å². The molecule has 2 aromatic carbocycles. The molecule has 0 saturated carbocycles. The first kappa shape index (κ1) is 20.6. The molecule has 3 rings (SSSR count). The van der Waals surface area contributed by atoms with Gasteiger partial charge in [-0.3, -0.25) is 0 Å². The molecule has 0 fully saturated rings. The van der Waals surface area contributed by atoms with Gasteiger partial charge in [-0.05, 0) is 66.7 Å². The second kappa shape index (κ2) is 7.73.